The molecule has 1 fully saturated rings. The molecule has 0 bridgehead atoms. The van der Waals surface area contributed by atoms with Crippen molar-refractivity contribution in [2.24, 2.45) is 0 Å². The van der Waals surface area contributed by atoms with Crippen LogP contribution in [0.1, 0.15) is 5.56 Å². The van der Waals surface area contributed by atoms with Crippen LogP contribution in [0.15, 0.2) is 18.2 Å². The van der Waals surface area contributed by atoms with Gasteiger partial charge in [0.15, 0.2) is 0 Å². The second-order valence-corrected chi connectivity index (χ2v) is 5.24. The Morgan fingerprint density at radius 3 is 2.95 bits per heavy atom. The minimum atomic E-state index is -1.05. The van der Waals surface area contributed by atoms with Gasteiger partial charge < -0.3 is 15.3 Å². The van der Waals surface area contributed by atoms with Crippen LogP contribution in [0, 0.1) is 12.7 Å². The highest BCUT2D eigenvalue weighted by Gasteiger charge is 2.34. The van der Waals surface area contributed by atoms with E-state index in [9.17, 15) is 14.0 Å². The summed E-state index contributed by atoms with van der Waals surface area (Å²) in [6, 6.07) is 2.90. The van der Waals surface area contributed by atoms with Crippen molar-refractivity contribution in [1.29, 1.82) is 0 Å². The average molecular weight is 284 g/mol. The summed E-state index contributed by atoms with van der Waals surface area (Å²) < 4.78 is 13.5. The maximum absolute atomic E-state index is 13.5. The molecule has 1 aromatic rings. The minimum absolute atomic E-state index is 0.0611. The van der Waals surface area contributed by atoms with Crippen LogP contribution >= 0.6 is 11.8 Å². The molecule has 0 aromatic heterocycles. The third-order valence-corrected chi connectivity index (χ3v) is 3.80. The molecule has 7 heteroatoms. The van der Waals surface area contributed by atoms with E-state index in [0.717, 1.165) is 5.56 Å². The van der Waals surface area contributed by atoms with Gasteiger partial charge in [0.05, 0.1) is 11.6 Å². The summed E-state index contributed by atoms with van der Waals surface area (Å²) in [5.74, 6) is -0.961. The third kappa shape index (κ3) is 2.98. The van der Waals surface area contributed by atoms with Gasteiger partial charge in [0, 0.05) is 5.75 Å². The SMILES string of the molecule is Cc1ccc(F)c(NC(=O)N2CSC[C@H]2C(=O)O)c1. The van der Waals surface area contributed by atoms with Gasteiger partial charge in [-0.1, -0.05) is 6.07 Å². The van der Waals surface area contributed by atoms with E-state index < -0.39 is 23.9 Å². The van der Waals surface area contributed by atoms with Crippen LogP contribution in [0.5, 0.6) is 0 Å². The van der Waals surface area contributed by atoms with Crippen LogP contribution in [0.4, 0.5) is 14.9 Å². The Morgan fingerprint density at radius 2 is 2.26 bits per heavy atom. The first-order valence-electron chi connectivity index (χ1n) is 5.63. The summed E-state index contributed by atoms with van der Waals surface area (Å²) in [5.41, 5.74) is 0.869. The number of thioether (sulfide) groups is 1. The number of carbonyl (C=O) groups excluding carboxylic acids is 1. The zero-order valence-corrected chi connectivity index (χ0v) is 11.0. The third-order valence-electron chi connectivity index (χ3n) is 2.79. The molecule has 2 rings (SSSR count). The van der Waals surface area contributed by atoms with Crippen molar-refractivity contribution in [2.75, 3.05) is 16.9 Å². The minimum Gasteiger partial charge on any atom is -0.480 e. The Balaban J connectivity index is 2.12. The van der Waals surface area contributed by atoms with Crippen LogP contribution < -0.4 is 5.32 Å². The number of urea groups is 1. The Kier molecular flexibility index (Phi) is 3.94. The lowest BCUT2D eigenvalue weighted by Crippen LogP contribution is -2.44. The van der Waals surface area contributed by atoms with Crippen LogP contribution in [0.25, 0.3) is 0 Å². The van der Waals surface area contributed by atoms with Crippen molar-refractivity contribution in [3.63, 3.8) is 0 Å². The van der Waals surface area contributed by atoms with E-state index in [2.05, 4.69) is 5.32 Å². The predicted molar refractivity (Wildman–Crippen MR) is 70.7 cm³/mol. The van der Waals surface area contributed by atoms with Crippen molar-refractivity contribution in [3.8, 4) is 0 Å². The molecular weight excluding hydrogens is 271 g/mol. The maximum Gasteiger partial charge on any atom is 0.327 e. The van der Waals surface area contributed by atoms with Gasteiger partial charge in [-0.15, -0.1) is 11.8 Å². The number of aliphatic carboxylic acids is 1. The number of benzene rings is 1. The first-order chi connectivity index (χ1) is 8.99. The summed E-state index contributed by atoms with van der Waals surface area (Å²) in [6.45, 7) is 1.78. The van der Waals surface area contributed by atoms with Crippen LogP contribution in [-0.4, -0.2) is 39.7 Å². The van der Waals surface area contributed by atoms with Gasteiger partial charge in [-0.3, -0.25) is 0 Å². The number of nitrogens with zero attached hydrogens (tertiary/aromatic N) is 1. The number of carbonyl (C=O) groups is 2. The van der Waals surface area contributed by atoms with Gasteiger partial charge in [0.2, 0.25) is 0 Å². The fourth-order valence-electron chi connectivity index (χ4n) is 1.77. The fraction of sp³-hybridized carbons (Fsp3) is 0.333. The molecule has 0 unspecified atom stereocenters. The smallest absolute Gasteiger partial charge is 0.327 e. The quantitative estimate of drug-likeness (QED) is 0.873. The predicted octanol–water partition coefficient (Wildman–Crippen LogP) is 2.13. The molecule has 19 heavy (non-hydrogen) atoms. The molecule has 0 radical (unpaired) electrons. The summed E-state index contributed by atoms with van der Waals surface area (Å²) >= 11 is 1.36. The van der Waals surface area contributed by atoms with E-state index >= 15 is 0 Å². The number of nitrogens with one attached hydrogen (secondary N) is 1. The monoisotopic (exact) mass is 284 g/mol. The van der Waals surface area contributed by atoms with E-state index in [-0.39, 0.29) is 11.6 Å². The standard InChI is InChI=1S/C12H13FN2O3S/c1-7-2-3-8(13)9(4-7)14-12(18)15-6-19-5-10(15)11(16)17/h2-4,10H,5-6H2,1H3,(H,14,18)(H,16,17)/t10-/m0/s1. The number of hydrogen-bond donors (Lipinski definition) is 2. The van der Waals surface area contributed by atoms with Crippen LogP contribution in [0.3, 0.4) is 0 Å². The molecule has 1 saturated heterocycles. The highest BCUT2D eigenvalue weighted by Crippen LogP contribution is 2.23. The number of halogens is 1. The van der Waals surface area contributed by atoms with Crippen molar-refractivity contribution in [3.05, 3.63) is 29.6 Å². The zero-order valence-electron chi connectivity index (χ0n) is 10.2. The number of carboxylic acids is 1. The fourth-order valence-corrected chi connectivity index (χ4v) is 2.91. The number of aryl methyl sites for hydroxylation is 1. The van der Waals surface area contributed by atoms with E-state index in [4.69, 9.17) is 5.11 Å². The molecule has 0 aliphatic carbocycles. The second-order valence-electron chi connectivity index (χ2n) is 4.24. The van der Waals surface area contributed by atoms with Crippen molar-refractivity contribution in [1.82, 2.24) is 4.90 Å². The first kappa shape index (κ1) is 13.7. The highest BCUT2D eigenvalue weighted by molar-refractivity contribution is 7.99. The zero-order chi connectivity index (χ0) is 14.0. The number of amides is 2. The summed E-state index contributed by atoms with van der Waals surface area (Å²) in [7, 11) is 0. The Morgan fingerprint density at radius 1 is 1.53 bits per heavy atom. The van der Waals surface area contributed by atoms with E-state index in [0.29, 0.717) is 5.75 Å². The molecule has 1 heterocycles. The molecule has 1 aliphatic heterocycles. The van der Waals surface area contributed by atoms with Crippen molar-refractivity contribution < 1.29 is 19.1 Å². The van der Waals surface area contributed by atoms with Gasteiger partial charge in [-0.05, 0) is 24.6 Å². The van der Waals surface area contributed by atoms with E-state index in [1.54, 1.807) is 13.0 Å². The first-order valence-corrected chi connectivity index (χ1v) is 6.79. The molecule has 2 N–H and O–H groups in total. The number of hydrogen-bond acceptors (Lipinski definition) is 3. The molecule has 102 valence electrons. The van der Waals surface area contributed by atoms with Gasteiger partial charge in [0.25, 0.3) is 0 Å². The van der Waals surface area contributed by atoms with E-state index in [1.807, 2.05) is 0 Å². The Bertz CT molecular complexity index is 524. The normalized spacial score (nSPS) is 18.4. The average Bonchev–Trinajstić information content (AvgIpc) is 2.83. The largest absolute Gasteiger partial charge is 0.480 e. The van der Waals surface area contributed by atoms with Crippen molar-refractivity contribution in [2.45, 2.75) is 13.0 Å². The summed E-state index contributed by atoms with van der Waals surface area (Å²) in [6.07, 6.45) is 0. The number of rotatable bonds is 2. The molecule has 0 saturated carbocycles. The summed E-state index contributed by atoms with van der Waals surface area (Å²) in [4.78, 5) is 24.1. The van der Waals surface area contributed by atoms with Gasteiger partial charge in [0.1, 0.15) is 11.9 Å². The lowest BCUT2D eigenvalue weighted by Gasteiger charge is -2.21. The number of carboxylic acid groups (broad SMARTS) is 1. The Hall–Kier alpha value is -1.76. The molecule has 1 aromatic carbocycles. The topological polar surface area (TPSA) is 69.6 Å². The molecule has 5 nitrogen and oxygen atoms in total. The Labute approximate surface area is 113 Å². The highest BCUT2D eigenvalue weighted by atomic mass is 32.2. The molecule has 1 aliphatic rings. The van der Waals surface area contributed by atoms with Crippen molar-refractivity contribution >= 4 is 29.4 Å². The van der Waals surface area contributed by atoms with Gasteiger partial charge in [-0.25, -0.2) is 14.0 Å². The van der Waals surface area contributed by atoms with Crippen LogP contribution in [0.2, 0.25) is 0 Å². The molecule has 2 amide bonds. The maximum atomic E-state index is 13.5. The van der Waals surface area contributed by atoms with Gasteiger partial charge >= 0.3 is 12.0 Å². The molecular formula is C12H13FN2O3S. The second kappa shape index (κ2) is 5.48. The molecule has 1 atom stereocenters. The van der Waals surface area contributed by atoms with E-state index in [1.165, 1.54) is 28.8 Å². The lowest BCUT2D eigenvalue weighted by atomic mass is 10.2. The van der Waals surface area contributed by atoms with Crippen LogP contribution in [-0.2, 0) is 4.79 Å². The summed E-state index contributed by atoms with van der Waals surface area (Å²) in [5, 5.41) is 11.4. The molecule has 0 spiro atoms. The lowest BCUT2D eigenvalue weighted by molar-refractivity contribution is -0.140. The van der Waals surface area contributed by atoms with Gasteiger partial charge in [-0.2, -0.15) is 0 Å². The number of anilines is 1.